The molecule has 16 heavy (non-hydrogen) atoms. The molecular weight excluding hydrogens is 244 g/mol. The van der Waals surface area contributed by atoms with E-state index in [9.17, 15) is 0 Å². The largest absolute Gasteiger partial charge is 0.396 e. The zero-order chi connectivity index (χ0) is 12.2. The van der Waals surface area contributed by atoms with Gasteiger partial charge < -0.3 is 20.8 Å². The van der Waals surface area contributed by atoms with Crippen LogP contribution in [0.2, 0.25) is 0 Å². The molecule has 0 rings (SSSR count). The third-order valence-corrected chi connectivity index (χ3v) is 2.59. The molecule has 4 nitrogen and oxygen atoms in total. The molecule has 4 N–H and O–H groups in total. The molecule has 0 aliphatic heterocycles. The summed E-state index contributed by atoms with van der Waals surface area (Å²) in [5.41, 5.74) is 0. The summed E-state index contributed by atoms with van der Waals surface area (Å²) in [6.07, 6.45) is 2.85. The van der Waals surface area contributed by atoms with Crippen molar-refractivity contribution >= 4 is 34.4 Å². The van der Waals surface area contributed by atoms with Crippen molar-refractivity contribution in [2.75, 3.05) is 26.3 Å². The molecule has 0 saturated heterocycles. The molecule has 0 heterocycles. The lowest BCUT2D eigenvalue weighted by Crippen LogP contribution is -2.33. The number of hydrogen-bond acceptors (Lipinski definition) is 4. The lowest BCUT2D eigenvalue weighted by Gasteiger charge is -2.09. The van der Waals surface area contributed by atoms with Gasteiger partial charge in [-0.2, -0.15) is 0 Å². The van der Waals surface area contributed by atoms with Gasteiger partial charge in [-0.1, -0.05) is 24.4 Å². The minimum absolute atomic E-state index is 0.172. The molecule has 0 aliphatic rings. The van der Waals surface area contributed by atoms with Crippen LogP contribution in [0.5, 0.6) is 0 Å². The molecule has 0 saturated carbocycles. The zero-order valence-electron chi connectivity index (χ0n) is 9.37. The lowest BCUT2D eigenvalue weighted by atomic mass is 10.3. The Morgan fingerprint density at radius 2 is 1.19 bits per heavy atom. The molecule has 0 aromatic heterocycles. The molecule has 0 aromatic carbocycles. The van der Waals surface area contributed by atoms with E-state index < -0.39 is 0 Å². The first kappa shape index (κ1) is 15.7. The van der Waals surface area contributed by atoms with Crippen LogP contribution in [0.25, 0.3) is 0 Å². The fourth-order valence-electron chi connectivity index (χ4n) is 1.06. The second-order valence-electron chi connectivity index (χ2n) is 3.35. The highest BCUT2D eigenvalue weighted by atomic mass is 32.1. The van der Waals surface area contributed by atoms with E-state index in [0.29, 0.717) is 12.8 Å². The van der Waals surface area contributed by atoms with Crippen LogP contribution in [0.3, 0.4) is 0 Å². The summed E-state index contributed by atoms with van der Waals surface area (Å²) in [7, 11) is 0. The average molecular weight is 264 g/mol. The molecule has 0 aliphatic carbocycles. The molecule has 6 heteroatoms. The summed E-state index contributed by atoms with van der Waals surface area (Å²) in [4.78, 5) is 1.55. The summed E-state index contributed by atoms with van der Waals surface area (Å²) in [5, 5.41) is 23.4. The molecule has 0 radical (unpaired) electrons. The third-order valence-electron chi connectivity index (χ3n) is 1.89. The van der Waals surface area contributed by atoms with Crippen LogP contribution < -0.4 is 10.6 Å². The number of hydrogen-bond donors (Lipinski definition) is 4. The molecule has 0 spiro atoms. The predicted molar refractivity (Wildman–Crippen MR) is 73.8 cm³/mol. The highest BCUT2D eigenvalue weighted by Gasteiger charge is 1.97. The van der Waals surface area contributed by atoms with Gasteiger partial charge in [0.15, 0.2) is 0 Å². The number of rotatable bonds is 9. The predicted octanol–water partition coefficient (Wildman–Crippen LogP) is 0.365. The van der Waals surface area contributed by atoms with Crippen molar-refractivity contribution in [3.63, 3.8) is 0 Å². The normalized spacial score (nSPS) is 9.88. The minimum Gasteiger partial charge on any atom is -0.396 e. The maximum Gasteiger partial charge on any atom is 0.0754 e. The van der Waals surface area contributed by atoms with Crippen molar-refractivity contribution in [2.45, 2.75) is 25.7 Å². The van der Waals surface area contributed by atoms with Crippen LogP contribution in [0.4, 0.5) is 0 Å². The van der Waals surface area contributed by atoms with Crippen molar-refractivity contribution < 1.29 is 10.2 Å². The summed E-state index contributed by atoms with van der Waals surface area (Å²) >= 11 is 10.1. The van der Waals surface area contributed by atoms with Crippen LogP contribution in [0.15, 0.2) is 0 Å². The average Bonchev–Trinajstić information content (AvgIpc) is 2.29. The summed E-state index contributed by atoms with van der Waals surface area (Å²) in [6.45, 7) is 1.80. The SMILES string of the molecule is OCCCC(=S)NCCNC(=S)CCCO. The number of aliphatic hydroxyl groups is 2. The zero-order valence-corrected chi connectivity index (χ0v) is 11.0. The quantitative estimate of drug-likeness (QED) is 0.356. The molecule has 0 atom stereocenters. The highest BCUT2D eigenvalue weighted by Crippen LogP contribution is 1.90. The van der Waals surface area contributed by atoms with Crippen molar-refractivity contribution in [2.24, 2.45) is 0 Å². The Morgan fingerprint density at radius 1 is 0.812 bits per heavy atom. The molecule has 0 bridgehead atoms. The number of aliphatic hydroxyl groups excluding tert-OH is 2. The van der Waals surface area contributed by atoms with Crippen molar-refractivity contribution in [1.82, 2.24) is 10.6 Å². The van der Waals surface area contributed by atoms with Gasteiger partial charge in [0.05, 0.1) is 9.98 Å². The Hall–Kier alpha value is -0.300. The van der Waals surface area contributed by atoms with Crippen molar-refractivity contribution in [1.29, 1.82) is 0 Å². The Kier molecular flexibility index (Phi) is 11.0. The maximum absolute atomic E-state index is 8.60. The number of thiocarbonyl (C=S) groups is 2. The monoisotopic (exact) mass is 264 g/mol. The Balaban J connectivity index is 3.31. The molecular formula is C10H20N2O2S2. The van der Waals surface area contributed by atoms with Crippen molar-refractivity contribution in [3.05, 3.63) is 0 Å². The summed E-state index contributed by atoms with van der Waals surface area (Å²) in [6, 6.07) is 0. The topological polar surface area (TPSA) is 64.5 Å². The second kappa shape index (κ2) is 11.2. The molecule has 0 unspecified atom stereocenters. The van der Waals surface area contributed by atoms with Crippen LogP contribution in [-0.4, -0.2) is 46.5 Å². The summed E-state index contributed by atoms with van der Waals surface area (Å²) in [5.74, 6) is 0. The Labute approximate surface area is 107 Å². The third kappa shape index (κ3) is 10.2. The van der Waals surface area contributed by atoms with Gasteiger partial charge in [0.25, 0.3) is 0 Å². The van der Waals surface area contributed by atoms with E-state index in [1.54, 1.807) is 0 Å². The van der Waals surface area contributed by atoms with Crippen molar-refractivity contribution in [3.8, 4) is 0 Å². The van der Waals surface area contributed by atoms with E-state index in [2.05, 4.69) is 10.6 Å². The molecule has 0 aromatic rings. The summed E-state index contributed by atoms with van der Waals surface area (Å²) < 4.78 is 0. The van der Waals surface area contributed by atoms with Crippen LogP contribution in [0, 0.1) is 0 Å². The first-order valence-corrected chi connectivity index (χ1v) is 6.27. The van der Waals surface area contributed by atoms with Gasteiger partial charge in [-0.25, -0.2) is 0 Å². The standard InChI is InChI=1S/C10H20N2O2S2/c13-7-1-3-9(15)11-5-6-12-10(16)4-2-8-14/h13-14H,1-8H2,(H,11,15)(H,12,16). The van der Waals surface area contributed by atoms with Crippen LogP contribution in [-0.2, 0) is 0 Å². The Morgan fingerprint density at radius 3 is 1.50 bits per heavy atom. The van der Waals surface area contributed by atoms with Gasteiger partial charge in [0.1, 0.15) is 0 Å². The first-order valence-electron chi connectivity index (χ1n) is 5.45. The molecule has 0 fully saturated rings. The van der Waals surface area contributed by atoms with Gasteiger partial charge >= 0.3 is 0 Å². The van der Waals surface area contributed by atoms with E-state index in [-0.39, 0.29) is 13.2 Å². The fourth-order valence-corrected chi connectivity index (χ4v) is 1.55. The van der Waals surface area contributed by atoms with Crippen LogP contribution >= 0.6 is 24.4 Å². The molecule has 94 valence electrons. The van der Waals surface area contributed by atoms with Crippen LogP contribution in [0.1, 0.15) is 25.7 Å². The lowest BCUT2D eigenvalue weighted by molar-refractivity contribution is 0.290. The van der Waals surface area contributed by atoms with Gasteiger partial charge in [-0.3, -0.25) is 0 Å². The van der Waals surface area contributed by atoms with E-state index in [1.165, 1.54) is 0 Å². The highest BCUT2D eigenvalue weighted by molar-refractivity contribution is 7.80. The van der Waals surface area contributed by atoms with Gasteiger partial charge in [0, 0.05) is 26.3 Å². The maximum atomic E-state index is 8.60. The van der Waals surface area contributed by atoms with E-state index >= 15 is 0 Å². The first-order chi connectivity index (χ1) is 7.70. The van der Waals surface area contributed by atoms with E-state index in [4.69, 9.17) is 34.6 Å². The molecule has 0 amide bonds. The van der Waals surface area contributed by atoms with Gasteiger partial charge in [-0.05, 0) is 25.7 Å². The smallest absolute Gasteiger partial charge is 0.0754 e. The fraction of sp³-hybridized carbons (Fsp3) is 0.800. The second-order valence-corrected chi connectivity index (χ2v) is 4.34. The number of nitrogens with one attached hydrogen (secondary N) is 2. The minimum atomic E-state index is 0.172. The van der Waals surface area contributed by atoms with Gasteiger partial charge in [-0.15, -0.1) is 0 Å². The van der Waals surface area contributed by atoms with Gasteiger partial charge in [0.2, 0.25) is 0 Å². The van der Waals surface area contributed by atoms with E-state index in [1.807, 2.05) is 0 Å². The van der Waals surface area contributed by atoms with E-state index in [0.717, 1.165) is 35.9 Å². The Bertz CT molecular complexity index is 191.